The minimum atomic E-state index is -0.0564. The molecule has 3 aromatic rings. The Bertz CT molecular complexity index is 1030. The van der Waals surface area contributed by atoms with Crippen molar-refractivity contribution in [2.24, 2.45) is 5.92 Å². The molecule has 3 heterocycles. The van der Waals surface area contributed by atoms with Gasteiger partial charge in [0.15, 0.2) is 0 Å². The van der Waals surface area contributed by atoms with Crippen molar-refractivity contribution >= 4 is 29.1 Å². The number of benzene rings is 1. The molecule has 0 saturated carbocycles. The highest BCUT2D eigenvalue weighted by Gasteiger charge is 2.37. The first-order valence-corrected chi connectivity index (χ1v) is 10.3. The zero-order valence-electron chi connectivity index (χ0n) is 16.3. The van der Waals surface area contributed by atoms with Gasteiger partial charge < -0.3 is 9.64 Å². The molecule has 2 aromatic heterocycles. The van der Waals surface area contributed by atoms with Crippen LogP contribution in [0.4, 0.5) is 0 Å². The molecule has 1 aromatic carbocycles. The van der Waals surface area contributed by atoms with Gasteiger partial charge in [-0.05, 0) is 36.8 Å². The van der Waals surface area contributed by atoms with Gasteiger partial charge in [0.2, 0.25) is 5.88 Å². The van der Waals surface area contributed by atoms with Gasteiger partial charge in [-0.3, -0.25) is 4.79 Å². The Balaban J connectivity index is 1.54. The summed E-state index contributed by atoms with van der Waals surface area (Å²) in [6.07, 6.45) is 3.06. The summed E-state index contributed by atoms with van der Waals surface area (Å²) in [5.74, 6) is 0.671. The summed E-state index contributed by atoms with van der Waals surface area (Å²) in [6.45, 7) is 3.41. The van der Waals surface area contributed by atoms with Gasteiger partial charge in [-0.1, -0.05) is 35.3 Å². The summed E-state index contributed by atoms with van der Waals surface area (Å²) >= 11 is 12.0. The topological polar surface area (TPSA) is 68.2 Å². The van der Waals surface area contributed by atoms with Gasteiger partial charge in [0.05, 0.1) is 29.1 Å². The number of carbonyl (C=O) groups excluding carboxylic acids is 1. The third-order valence-corrected chi connectivity index (χ3v) is 5.67. The number of halogens is 2. The van der Waals surface area contributed by atoms with Crippen molar-refractivity contribution in [2.45, 2.75) is 12.8 Å². The molecule has 6 nitrogen and oxygen atoms in total. The molecule has 1 aliphatic heterocycles. The normalized spacial score (nSPS) is 18.4. The second kappa shape index (κ2) is 8.98. The average Bonchev–Trinajstić information content (AvgIpc) is 3.17. The molecule has 4 rings (SSSR count). The Morgan fingerprint density at radius 2 is 1.87 bits per heavy atom. The monoisotopic (exact) mass is 442 g/mol. The predicted octanol–water partition coefficient (Wildman–Crippen LogP) is 4.42. The molecule has 1 fully saturated rings. The van der Waals surface area contributed by atoms with Gasteiger partial charge in [0.25, 0.3) is 5.91 Å². The molecule has 1 amide bonds. The van der Waals surface area contributed by atoms with E-state index in [0.29, 0.717) is 46.9 Å². The maximum Gasteiger partial charge on any atom is 0.255 e. The third kappa shape index (κ3) is 4.71. The number of amides is 1. The van der Waals surface area contributed by atoms with Crippen molar-refractivity contribution in [1.29, 1.82) is 0 Å². The predicted molar refractivity (Wildman–Crippen MR) is 115 cm³/mol. The number of pyridine rings is 1. The number of nitrogens with zero attached hydrogens (tertiary/aromatic N) is 4. The van der Waals surface area contributed by atoms with E-state index in [0.717, 1.165) is 5.56 Å². The van der Waals surface area contributed by atoms with Crippen LogP contribution in [0.1, 0.15) is 27.5 Å². The van der Waals surface area contributed by atoms with E-state index in [4.69, 9.17) is 27.9 Å². The van der Waals surface area contributed by atoms with Gasteiger partial charge >= 0.3 is 0 Å². The summed E-state index contributed by atoms with van der Waals surface area (Å²) in [6, 6.07) is 13.0. The molecule has 0 aliphatic carbocycles. The van der Waals surface area contributed by atoms with Gasteiger partial charge in [0, 0.05) is 42.2 Å². The fourth-order valence-electron chi connectivity index (χ4n) is 3.71. The highest BCUT2D eigenvalue weighted by molar-refractivity contribution is 6.30. The second-order valence-electron chi connectivity index (χ2n) is 7.34. The van der Waals surface area contributed by atoms with Crippen LogP contribution in [0.25, 0.3) is 0 Å². The van der Waals surface area contributed by atoms with E-state index in [9.17, 15) is 4.79 Å². The smallest absolute Gasteiger partial charge is 0.255 e. The van der Waals surface area contributed by atoms with E-state index in [1.165, 1.54) is 6.20 Å². The van der Waals surface area contributed by atoms with Crippen LogP contribution in [0.5, 0.6) is 5.88 Å². The Hall–Kier alpha value is -2.70. The summed E-state index contributed by atoms with van der Waals surface area (Å²) in [4.78, 5) is 19.1. The lowest BCUT2D eigenvalue weighted by atomic mass is 9.89. The van der Waals surface area contributed by atoms with Crippen molar-refractivity contribution in [3.05, 3.63) is 81.7 Å². The number of hydrogen-bond acceptors (Lipinski definition) is 5. The SMILES string of the molecule is Cc1cc(C(=O)N2C[C@H](COc3ccc(Cl)cn3)[C@@H](c3ccc(Cl)cc3)C2)cnn1. The van der Waals surface area contributed by atoms with Crippen molar-refractivity contribution in [3.8, 4) is 5.88 Å². The van der Waals surface area contributed by atoms with Gasteiger partial charge in [0.1, 0.15) is 0 Å². The molecule has 0 unspecified atom stereocenters. The van der Waals surface area contributed by atoms with E-state index >= 15 is 0 Å². The van der Waals surface area contributed by atoms with Crippen LogP contribution in [0.2, 0.25) is 10.0 Å². The van der Waals surface area contributed by atoms with Gasteiger partial charge in [-0.25, -0.2) is 4.98 Å². The zero-order chi connectivity index (χ0) is 21.1. The molecule has 154 valence electrons. The number of rotatable bonds is 5. The van der Waals surface area contributed by atoms with Crippen LogP contribution in [-0.4, -0.2) is 45.7 Å². The van der Waals surface area contributed by atoms with E-state index in [-0.39, 0.29) is 17.7 Å². The first kappa shape index (κ1) is 20.6. The first-order chi connectivity index (χ1) is 14.5. The molecular formula is C22H20Cl2N4O2. The standard InChI is InChI=1S/C22H20Cl2N4O2/c1-14-8-16(9-26-27-14)22(29)28-11-17(13-30-21-7-6-19(24)10-25-21)20(12-28)15-2-4-18(23)5-3-15/h2-10,17,20H,11-13H2,1H3/t17-,20-/m1/s1. The summed E-state index contributed by atoms with van der Waals surface area (Å²) in [5, 5.41) is 9.08. The fraction of sp³-hybridized carbons (Fsp3) is 0.273. The lowest BCUT2D eigenvalue weighted by Crippen LogP contribution is -2.29. The Morgan fingerprint density at radius 3 is 2.57 bits per heavy atom. The fourth-order valence-corrected chi connectivity index (χ4v) is 3.94. The number of aromatic nitrogens is 3. The summed E-state index contributed by atoms with van der Waals surface area (Å²) in [7, 11) is 0. The van der Waals surface area contributed by atoms with Crippen LogP contribution in [0, 0.1) is 12.8 Å². The molecule has 1 saturated heterocycles. The van der Waals surface area contributed by atoms with Crippen molar-refractivity contribution in [3.63, 3.8) is 0 Å². The van der Waals surface area contributed by atoms with E-state index in [1.54, 1.807) is 24.4 Å². The molecule has 8 heteroatoms. The minimum absolute atomic E-state index is 0.0564. The summed E-state index contributed by atoms with van der Waals surface area (Å²) < 4.78 is 5.92. The van der Waals surface area contributed by atoms with Crippen LogP contribution in [-0.2, 0) is 0 Å². The minimum Gasteiger partial charge on any atom is -0.477 e. The molecule has 0 spiro atoms. The number of carbonyl (C=O) groups is 1. The number of aryl methyl sites for hydroxylation is 1. The van der Waals surface area contributed by atoms with Crippen molar-refractivity contribution < 1.29 is 9.53 Å². The van der Waals surface area contributed by atoms with Gasteiger partial charge in [-0.2, -0.15) is 10.2 Å². The first-order valence-electron chi connectivity index (χ1n) is 9.58. The maximum absolute atomic E-state index is 13.1. The van der Waals surface area contributed by atoms with Crippen molar-refractivity contribution in [1.82, 2.24) is 20.1 Å². The van der Waals surface area contributed by atoms with E-state index in [1.807, 2.05) is 36.1 Å². The second-order valence-corrected chi connectivity index (χ2v) is 8.21. The highest BCUT2D eigenvalue weighted by atomic mass is 35.5. The maximum atomic E-state index is 13.1. The van der Waals surface area contributed by atoms with Crippen LogP contribution < -0.4 is 4.74 Å². The Kier molecular flexibility index (Phi) is 6.16. The lowest BCUT2D eigenvalue weighted by Gasteiger charge is -2.18. The van der Waals surface area contributed by atoms with Crippen LogP contribution >= 0.6 is 23.2 Å². The molecule has 2 atom stereocenters. The molecular weight excluding hydrogens is 423 g/mol. The molecule has 0 N–H and O–H groups in total. The molecule has 30 heavy (non-hydrogen) atoms. The lowest BCUT2D eigenvalue weighted by molar-refractivity contribution is 0.0781. The highest BCUT2D eigenvalue weighted by Crippen LogP contribution is 2.34. The molecule has 1 aliphatic rings. The Labute approximate surface area is 184 Å². The quantitative estimate of drug-likeness (QED) is 0.584. The van der Waals surface area contributed by atoms with Crippen LogP contribution in [0.3, 0.4) is 0 Å². The summed E-state index contributed by atoms with van der Waals surface area (Å²) in [5.41, 5.74) is 2.37. The van der Waals surface area contributed by atoms with Crippen molar-refractivity contribution in [2.75, 3.05) is 19.7 Å². The van der Waals surface area contributed by atoms with E-state index in [2.05, 4.69) is 15.2 Å². The zero-order valence-corrected chi connectivity index (χ0v) is 17.8. The molecule has 0 bridgehead atoms. The van der Waals surface area contributed by atoms with Gasteiger partial charge in [-0.15, -0.1) is 0 Å². The average molecular weight is 443 g/mol. The van der Waals surface area contributed by atoms with E-state index < -0.39 is 0 Å². The number of ether oxygens (including phenoxy) is 1. The third-order valence-electron chi connectivity index (χ3n) is 5.20. The van der Waals surface area contributed by atoms with Crippen LogP contribution in [0.15, 0.2) is 54.9 Å². The molecule has 0 radical (unpaired) electrons. The number of hydrogen-bond donors (Lipinski definition) is 0. The largest absolute Gasteiger partial charge is 0.477 e. The number of likely N-dealkylation sites (tertiary alicyclic amines) is 1. The Morgan fingerprint density at radius 1 is 1.10 bits per heavy atom.